The molecule has 0 aliphatic rings. The van der Waals surface area contributed by atoms with Crippen LogP contribution in [0.15, 0.2) is 52.0 Å². The van der Waals surface area contributed by atoms with Crippen molar-refractivity contribution in [1.82, 2.24) is 4.57 Å². The van der Waals surface area contributed by atoms with Crippen LogP contribution >= 0.6 is 15.9 Å². The fraction of sp³-hybridized carbons (Fsp3) is 0.0769. The van der Waals surface area contributed by atoms with E-state index in [2.05, 4.69) is 15.9 Å². The van der Waals surface area contributed by atoms with E-state index < -0.39 is 16.0 Å². The number of aromatic nitrogens is 1. The van der Waals surface area contributed by atoms with Crippen LogP contribution in [0.4, 0.5) is 5.69 Å². The van der Waals surface area contributed by atoms with Crippen LogP contribution in [0, 0.1) is 10.1 Å². The first-order chi connectivity index (χ1) is 9.47. The van der Waals surface area contributed by atoms with Crippen molar-refractivity contribution >= 4 is 27.4 Å². The zero-order valence-electron chi connectivity index (χ0n) is 10.2. The van der Waals surface area contributed by atoms with Gasteiger partial charge in [-0.25, -0.2) is 0 Å². The zero-order chi connectivity index (χ0) is 14.7. The molecule has 0 bridgehead atoms. The van der Waals surface area contributed by atoms with E-state index in [4.69, 9.17) is 0 Å². The van der Waals surface area contributed by atoms with Gasteiger partial charge in [-0.1, -0.05) is 28.1 Å². The molecule has 2 rings (SSSR count). The molecule has 0 saturated heterocycles. The Bertz CT molecular complexity index is 722. The van der Waals surface area contributed by atoms with Crippen LogP contribution in [0.5, 0.6) is 0 Å². The van der Waals surface area contributed by atoms with E-state index in [9.17, 15) is 19.7 Å². The number of nitro groups is 1. The van der Waals surface area contributed by atoms with Gasteiger partial charge in [0.2, 0.25) is 0 Å². The van der Waals surface area contributed by atoms with Crippen molar-refractivity contribution in [2.24, 2.45) is 0 Å². The van der Waals surface area contributed by atoms with Crippen LogP contribution in [-0.2, 0) is 6.54 Å². The summed E-state index contributed by atoms with van der Waals surface area (Å²) >= 11 is 3.27. The van der Waals surface area contributed by atoms with Gasteiger partial charge >= 0.3 is 5.69 Å². The van der Waals surface area contributed by atoms with Gasteiger partial charge in [0, 0.05) is 22.3 Å². The van der Waals surface area contributed by atoms with Crippen molar-refractivity contribution in [3.05, 3.63) is 73.1 Å². The topological polar surface area (TPSA) is 82.2 Å². The van der Waals surface area contributed by atoms with Crippen molar-refractivity contribution in [2.45, 2.75) is 6.54 Å². The van der Waals surface area contributed by atoms with Gasteiger partial charge in [-0.3, -0.25) is 19.7 Å². The fourth-order valence-corrected chi connectivity index (χ4v) is 1.91. The number of rotatable bonds is 4. The van der Waals surface area contributed by atoms with Crippen LogP contribution in [-0.4, -0.2) is 15.3 Å². The van der Waals surface area contributed by atoms with Crippen molar-refractivity contribution in [2.75, 3.05) is 0 Å². The minimum absolute atomic E-state index is 0.0667. The molecule has 0 unspecified atom stereocenters. The van der Waals surface area contributed by atoms with Gasteiger partial charge in [-0.15, -0.1) is 0 Å². The molecule has 6 nitrogen and oxygen atoms in total. The standard InChI is InChI=1S/C13H9BrN2O4/c14-10-3-1-9(2-4-10)13(18)8-15-6-5-12(17)11(7-15)16(19)20/h1-7H,8H2. The molecule has 1 heterocycles. The summed E-state index contributed by atoms with van der Waals surface area (Å²) in [5, 5.41) is 10.7. The molecular weight excluding hydrogens is 328 g/mol. The lowest BCUT2D eigenvalue weighted by molar-refractivity contribution is -0.386. The van der Waals surface area contributed by atoms with Gasteiger partial charge in [0.25, 0.3) is 5.43 Å². The number of pyridine rings is 1. The quantitative estimate of drug-likeness (QED) is 0.487. The van der Waals surface area contributed by atoms with Crippen molar-refractivity contribution in [1.29, 1.82) is 0 Å². The Morgan fingerprint density at radius 2 is 1.90 bits per heavy atom. The van der Waals surface area contributed by atoms with Crippen molar-refractivity contribution in [3.8, 4) is 0 Å². The molecule has 0 saturated carbocycles. The number of carbonyl (C=O) groups excluding carboxylic acids is 1. The van der Waals surface area contributed by atoms with E-state index in [1.165, 1.54) is 10.8 Å². The molecule has 0 spiro atoms. The molecule has 1 aromatic carbocycles. The first kappa shape index (κ1) is 14.1. The lowest BCUT2D eigenvalue weighted by Crippen LogP contribution is -2.15. The van der Waals surface area contributed by atoms with Gasteiger partial charge in [0.15, 0.2) is 5.78 Å². The summed E-state index contributed by atoms with van der Waals surface area (Å²) in [6.45, 7) is -0.0667. The van der Waals surface area contributed by atoms with E-state index in [1.807, 2.05) is 0 Å². The summed E-state index contributed by atoms with van der Waals surface area (Å²) in [7, 11) is 0. The highest BCUT2D eigenvalue weighted by molar-refractivity contribution is 9.10. The van der Waals surface area contributed by atoms with E-state index in [0.717, 1.165) is 16.7 Å². The number of halogens is 1. The van der Waals surface area contributed by atoms with Crippen molar-refractivity contribution < 1.29 is 9.72 Å². The normalized spacial score (nSPS) is 10.2. The number of nitrogens with zero attached hydrogens (tertiary/aromatic N) is 2. The molecule has 0 N–H and O–H groups in total. The van der Waals surface area contributed by atoms with E-state index in [-0.39, 0.29) is 12.3 Å². The second-order valence-corrected chi connectivity index (χ2v) is 4.97. The third-order valence-corrected chi connectivity index (χ3v) is 3.18. The highest BCUT2D eigenvalue weighted by Gasteiger charge is 2.13. The largest absolute Gasteiger partial charge is 0.340 e. The molecule has 102 valence electrons. The predicted octanol–water partition coefficient (Wildman–Crippen LogP) is 2.40. The van der Waals surface area contributed by atoms with Gasteiger partial charge in [-0.2, -0.15) is 0 Å². The maximum atomic E-state index is 12.0. The van der Waals surface area contributed by atoms with E-state index in [0.29, 0.717) is 5.56 Å². The first-order valence-corrected chi connectivity index (χ1v) is 6.40. The van der Waals surface area contributed by atoms with Crippen LogP contribution < -0.4 is 5.43 Å². The van der Waals surface area contributed by atoms with Gasteiger partial charge in [0.05, 0.1) is 17.7 Å². The Morgan fingerprint density at radius 3 is 2.50 bits per heavy atom. The number of hydrogen-bond acceptors (Lipinski definition) is 4. The summed E-state index contributed by atoms with van der Waals surface area (Å²) < 4.78 is 2.18. The SMILES string of the molecule is O=C(Cn1ccc(=O)c([N+](=O)[O-])c1)c1ccc(Br)cc1. The molecule has 2 aromatic rings. The number of carbonyl (C=O) groups is 1. The third-order valence-electron chi connectivity index (χ3n) is 2.65. The summed E-state index contributed by atoms with van der Waals surface area (Å²) in [4.78, 5) is 33.2. The second kappa shape index (κ2) is 5.79. The Balaban J connectivity index is 2.24. The van der Waals surface area contributed by atoms with Crippen LogP contribution in [0.3, 0.4) is 0 Å². The number of benzene rings is 1. The summed E-state index contributed by atoms with van der Waals surface area (Å²) in [5.74, 6) is -0.199. The highest BCUT2D eigenvalue weighted by Crippen LogP contribution is 2.12. The van der Waals surface area contributed by atoms with Gasteiger partial charge < -0.3 is 4.57 Å². The molecule has 0 radical (unpaired) electrons. The first-order valence-electron chi connectivity index (χ1n) is 5.60. The Hall–Kier alpha value is -2.28. The Labute approximate surface area is 121 Å². The lowest BCUT2D eigenvalue weighted by atomic mass is 10.1. The lowest BCUT2D eigenvalue weighted by Gasteiger charge is -2.05. The molecular formula is C13H9BrN2O4. The van der Waals surface area contributed by atoms with Crippen LogP contribution in [0.1, 0.15) is 10.4 Å². The maximum Gasteiger partial charge on any atom is 0.332 e. The average molecular weight is 337 g/mol. The molecule has 0 fully saturated rings. The molecule has 7 heteroatoms. The molecule has 1 aromatic heterocycles. The summed E-state index contributed by atoms with van der Waals surface area (Å²) in [6, 6.07) is 7.86. The monoisotopic (exact) mass is 336 g/mol. The molecule has 0 atom stereocenters. The average Bonchev–Trinajstić information content (AvgIpc) is 2.41. The van der Waals surface area contributed by atoms with Crippen LogP contribution in [0.2, 0.25) is 0 Å². The predicted molar refractivity (Wildman–Crippen MR) is 75.8 cm³/mol. The van der Waals surface area contributed by atoms with Gasteiger partial charge in [0.1, 0.15) is 0 Å². The van der Waals surface area contributed by atoms with Crippen molar-refractivity contribution in [3.63, 3.8) is 0 Å². The minimum Gasteiger partial charge on any atom is -0.340 e. The minimum atomic E-state index is -0.761. The molecule has 0 aliphatic heterocycles. The maximum absolute atomic E-state index is 12.0. The van der Waals surface area contributed by atoms with E-state index >= 15 is 0 Å². The van der Waals surface area contributed by atoms with Crippen LogP contribution in [0.25, 0.3) is 0 Å². The smallest absolute Gasteiger partial charge is 0.332 e. The van der Waals surface area contributed by atoms with E-state index in [1.54, 1.807) is 24.3 Å². The zero-order valence-corrected chi connectivity index (χ0v) is 11.7. The fourth-order valence-electron chi connectivity index (χ4n) is 1.64. The second-order valence-electron chi connectivity index (χ2n) is 4.05. The highest BCUT2D eigenvalue weighted by atomic mass is 79.9. The Morgan fingerprint density at radius 1 is 1.25 bits per heavy atom. The molecule has 0 aliphatic carbocycles. The summed E-state index contributed by atoms with van der Waals surface area (Å²) in [5.41, 5.74) is -0.729. The van der Waals surface area contributed by atoms with Gasteiger partial charge in [-0.05, 0) is 12.1 Å². The third kappa shape index (κ3) is 3.18. The number of ketones is 1. The summed E-state index contributed by atoms with van der Waals surface area (Å²) in [6.07, 6.45) is 2.42. The Kier molecular flexibility index (Phi) is 4.09. The molecule has 0 amide bonds. The number of hydrogen-bond donors (Lipinski definition) is 0. The number of Topliss-reactive ketones (excluding diaryl/α,β-unsaturated/α-hetero) is 1. The molecule has 20 heavy (non-hydrogen) atoms.